The molecule has 4 bridgehead atoms. The average Bonchev–Trinajstić information content (AvgIpc) is 2.68. The quantitative estimate of drug-likeness (QED) is 0.693. The predicted molar refractivity (Wildman–Crippen MR) is 86.6 cm³/mol. The molecule has 23 heavy (non-hydrogen) atoms. The number of esters is 1. The molecule has 1 heterocycles. The SMILES string of the molecule is C[C@@]12CCC[C@]3(C(=O)OC1)[C@@H]2CC[C@@]12C[C@H](CC[C@H]13)[C@](C)(O)C2. The predicted octanol–water partition coefficient (Wildman–Crippen LogP) is 3.69. The number of rotatable bonds is 0. The molecule has 5 aliphatic rings. The van der Waals surface area contributed by atoms with E-state index in [-0.39, 0.29) is 22.2 Å². The van der Waals surface area contributed by atoms with E-state index in [1.165, 1.54) is 25.7 Å². The van der Waals surface area contributed by atoms with Crippen LogP contribution >= 0.6 is 0 Å². The van der Waals surface area contributed by atoms with Gasteiger partial charge in [0.2, 0.25) is 0 Å². The van der Waals surface area contributed by atoms with Crippen molar-refractivity contribution in [1.82, 2.24) is 0 Å². The lowest BCUT2D eigenvalue weighted by Crippen LogP contribution is -2.65. The maximum absolute atomic E-state index is 13.1. The van der Waals surface area contributed by atoms with E-state index in [4.69, 9.17) is 4.74 Å². The van der Waals surface area contributed by atoms with E-state index < -0.39 is 5.60 Å². The van der Waals surface area contributed by atoms with E-state index in [1.807, 2.05) is 6.92 Å². The number of carbonyl (C=O) groups is 1. The Balaban J connectivity index is 1.63. The summed E-state index contributed by atoms with van der Waals surface area (Å²) >= 11 is 0. The van der Waals surface area contributed by atoms with E-state index in [0.717, 1.165) is 32.1 Å². The first-order chi connectivity index (χ1) is 10.8. The molecule has 5 rings (SSSR count). The van der Waals surface area contributed by atoms with Crippen LogP contribution in [0.25, 0.3) is 0 Å². The van der Waals surface area contributed by atoms with Crippen molar-refractivity contribution >= 4 is 5.97 Å². The number of fused-ring (bicyclic) bond motifs is 1. The van der Waals surface area contributed by atoms with Crippen LogP contribution in [-0.4, -0.2) is 23.3 Å². The number of aliphatic hydroxyl groups is 1. The minimum absolute atomic E-state index is 0.119. The molecule has 1 aliphatic heterocycles. The second kappa shape index (κ2) is 4.15. The Bertz CT molecular complexity index is 569. The Hall–Kier alpha value is -0.570. The molecule has 4 aliphatic carbocycles. The Kier molecular flexibility index (Phi) is 2.66. The van der Waals surface area contributed by atoms with Gasteiger partial charge in [0.1, 0.15) is 0 Å². The average molecular weight is 318 g/mol. The van der Waals surface area contributed by atoms with Gasteiger partial charge in [-0.15, -0.1) is 0 Å². The van der Waals surface area contributed by atoms with Crippen LogP contribution in [0.2, 0.25) is 0 Å². The number of ether oxygens (including phenoxy) is 1. The second-order valence-electron chi connectivity index (χ2n) is 10.1. The molecule has 0 aromatic heterocycles. The van der Waals surface area contributed by atoms with Crippen molar-refractivity contribution in [3.05, 3.63) is 0 Å². The molecule has 4 saturated carbocycles. The summed E-state index contributed by atoms with van der Waals surface area (Å²) < 4.78 is 5.81. The highest BCUT2D eigenvalue weighted by Crippen LogP contribution is 2.74. The van der Waals surface area contributed by atoms with E-state index in [2.05, 4.69) is 6.92 Å². The molecule has 1 saturated heterocycles. The molecular formula is C20H30O3. The van der Waals surface area contributed by atoms with Crippen molar-refractivity contribution < 1.29 is 14.6 Å². The van der Waals surface area contributed by atoms with Crippen LogP contribution in [0, 0.1) is 34.0 Å². The molecule has 5 fully saturated rings. The molecule has 0 amide bonds. The first-order valence-electron chi connectivity index (χ1n) is 9.72. The van der Waals surface area contributed by atoms with Crippen LogP contribution < -0.4 is 0 Å². The summed E-state index contributed by atoms with van der Waals surface area (Å²) in [7, 11) is 0. The Morgan fingerprint density at radius 1 is 1.09 bits per heavy atom. The summed E-state index contributed by atoms with van der Waals surface area (Å²) in [6.45, 7) is 5.05. The van der Waals surface area contributed by atoms with Gasteiger partial charge in [0.05, 0.1) is 17.6 Å². The fraction of sp³-hybridized carbons (Fsp3) is 0.950. The van der Waals surface area contributed by atoms with Crippen LogP contribution in [0.15, 0.2) is 0 Å². The maximum Gasteiger partial charge on any atom is 0.312 e. The van der Waals surface area contributed by atoms with Gasteiger partial charge in [0.25, 0.3) is 0 Å². The van der Waals surface area contributed by atoms with E-state index in [1.54, 1.807) is 0 Å². The van der Waals surface area contributed by atoms with E-state index >= 15 is 0 Å². The lowest BCUT2D eigenvalue weighted by Gasteiger charge is -2.65. The van der Waals surface area contributed by atoms with Gasteiger partial charge in [-0.25, -0.2) is 0 Å². The van der Waals surface area contributed by atoms with Gasteiger partial charge in [-0.3, -0.25) is 4.79 Å². The highest BCUT2D eigenvalue weighted by atomic mass is 16.5. The number of carbonyl (C=O) groups excluding carboxylic acids is 1. The summed E-state index contributed by atoms with van der Waals surface area (Å²) in [6.07, 6.45) is 10.1. The normalized spacial score (nSPS) is 60.7. The van der Waals surface area contributed by atoms with Crippen LogP contribution in [0.3, 0.4) is 0 Å². The third-order valence-corrected chi connectivity index (χ3v) is 9.05. The molecule has 0 aromatic rings. The van der Waals surface area contributed by atoms with Crippen molar-refractivity contribution in [2.24, 2.45) is 34.0 Å². The fourth-order valence-corrected chi connectivity index (χ4v) is 8.30. The summed E-state index contributed by atoms with van der Waals surface area (Å²) in [5, 5.41) is 10.9. The van der Waals surface area contributed by atoms with Gasteiger partial charge in [-0.05, 0) is 81.5 Å². The van der Waals surface area contributed by atoms with Crippen molar-refractivity contribution in [2.45, 2.75) is 77.2 Å². The topological polar surface area (TPSA) is 46.5 Å². The highest BCUT2D eigenvalue weighted by Gasteiger charge is 2.72. The molecule has 0 radical (unpaired) electrons. The fourth-order valence-electron chi connectivity index (χ4n) is 8.30. The first kappa shape index (κ1) is 14.7. The molecule has 1 N–H and O–H groups in total. The van der Waals surface area contributed by atoms with Crippen molar-refractivity contribution in [3.63, 3.8) is 0 Å². The minimum atomic E-state index is -0.519. The molecule has 3 nitrogen and oxygen atoms in total. The summed E-state index contributed by atoms with van der Waals surface area (Å²) in [5.41, 5.74) is -0.340. The van der Waals surface area contributed by atoms with Gasteiger partial charge >= 0.3 is 5.97 Å². The summed E-state index contributed by atoms with van der Waals surface area (Å²) in [4.78, 5) is 13.1. The lowest BCUT2D eigenvalue weighted by atomic mass is 9.39. The Morgan fingerprint density at radius 2 is 1.91 bits per heavy atom. The monoisotopic (exact) mass is 318 g/mol. The number of hydrogen-bond donors (Lipinski definition) is 1. The largest absolute Gasteiger partial charge is 0.465 e. The van der Waals surface area contributed by atoms with E-state index in [9.17, 15) is 9.90 Å². The lowest BCUT2D eigenvalue weighted by molar-refractivity contribution is -0.232. The van der Waals surface area contributed by atoms with Gasteiger partial charge in [0, 0.05) is 5.41 Å². The highest BCUT2D eigenvalue weighted by molar-refractivity contribution is 5.79. The Morgan fingerprint density at radius 3 is 2.74 bits per heavy atom. The van der Waals surface area contributed by atoms with Gasteiger partial charge < -0.3 is 9.84 Å². The minimum Gasteiger partial charge on any atom is -0.465 e. The number of hydrogen-bond acceptors (Lipinski definition) is 3. The van der Waals surface area contributed by atoms with Crippen molar-refractivity contribution in [1.29, 1.82) is 0 Å². The van der Waals surface area contributed by atoms with Crippen LogP contribution in [0.1, 0.15) is 71.6 Å². The zero-order valence-corrected chi connectivity index (χ0v) is 14.6. The molecular weight excluding hydrogens is 288 g/mol. The van der Waals surface area contributed by atoms with Crippen molar-refractivity contribution in [3.8, 4) is 0 Å². The first-order valence-corrected chi connectivity index (χ1v) is 9.72. The molecule has 3 heteroatoms. The third-order valence-electron chi connectivity index (χ3n) is 9.05. The number of cyclic esters (lactones) is 1. The smallest absolute Gasteiger partial charge is 0.312 e. The maximum atomic E-state index is 13.1. The van der Waals surface area contributed by atoms with Crippen molar-refractivity contribution in [2.75, 3.05) is 6.61 Å². The van der Waals surface area contributed by atoms with Gasteiger partial charge in [-0.2, -0.15) is 0 Å². The molecule has 1 spiro atoms. The summed E-state index contributed by atoms with van der Waals surface area (Å²) in [5.74, 6) is 1.53. The molecule has 7 atom stereocenters. The Labute approximate surface area is 139 Å². The molecule has 0 unspecified atom stereocenters. The van der Waals surface area contributed by atoms with Gasteiger partial charge in [-0.1, -0.05) is 13.3 Å². The van der Waals surface area contributed by atoms with Crippen LogP contribution in [-0.2, 0) is 9.53 Å². The van der Waals surface area contributed by atoms with Crippen LogP contribution in [0.5, 0.6) is 0 Å². The van der Waals surface area contributed by atoms with Crippen LogP contribution in [0.4, 0.5) is 0 Å². The molecule has 128 valence electrons. The second-order valence-corrected chi connectivity index (χ2v) is 10.1. The zero-order chi connectivity index (χ0) is 16.1. The third kappa shape index (κ3) is 1.59. The standard InChI is InChI=1S/C20H30O3/c1-17-7-3-8-20(16(21)23-12-17)14(17)6-9-19-10-13(4-5-15(19)20)18(2,22)11-19/h13-15,22H,3-12H2,1-2H3/t13-,14+,15+,17+,18+,19-,20-/m0/s1. The molecule has 0 aromatic carbocycles. The zero-order valence-electron chi connectivity index (χ0n) is 14.6. The van der Waals surface area contributed by atoms with Gasteiger partial charge in [0.15, 0.2) is 0 Å². The summed E-state index contributed by atoms with van der Waals surface area (Å²) in [6, 6.07) is 0. The van der Waals surface area contributed by atoms with E-state index in [0.29, 0.717) is 24.4 Å².